The maximum atomic E-state index is 13.8. The van der Waals surface area contributed by atoms with Gasteiger partial charge < -0.3 is 9.94 Å². The number of hydrogen-bond acceptors (Lipinski definition) is 2. The Balaban J connectivity index is 2.12. The molecule has 104 valence electrons. The molecule has 1 fully saturated rings. The van der Waals surface area contributed by atoms with Crippen molar-refractivity contribution in [2.75, 3.05) is 6.61 Å². The summed E-state index contributed by atoms with van der Waals surface area (Å²) in [5.41, 5.74) is 0.323. The van der Waals surface area contributed by atoms with Gasteiger partial charge in [0.2, 0.25) is 0 Å². The SMILES string of the molecule is CCOc1ccc(C=[N+]([O-])C2CCCCC2)c(F)c1. The molecule has 0 unspecified atom stereocenters. The van der Waals surface area contributed by atoms with Gasteiger partial charge >= 0.3 is 0 Å². The molecule has 1 saturated carbocycles. The van der Waals surface area contributed by atoms with Gasteiger partial charge in [-0.1, -0.05) is 6.42 Å². The number of nitrogens with zero attached hydrogens (tertiary/aromatic N) is 1. The van der Waals surface area contributed by atoms with Crippen molar-refractivity contribution < 1.29 is 13.9 Å². The summed E-state index contributed by atoms with van der Waals surface area (Å²) in [6.07, 6.45) is 6.53. The summed E-state index contributed by atoms with van der Waals surface area (Å²) in [5, 5.41) is 12.0. The zero-order valence-corrected chi connectivity index (χ0v) is 11.3. The Morgan fingerprint density at radius 3 is 2.74 bits per heavy atom. The summed E-state index contributed by atoms with van der Waals surface area (Å²) < 4.78 is 20.0. The van der Waals surface area contributed by atoms with Gasteiger partial charge in [-0.05, 0) is 31.9 Å². The van der Waals surface area contributed by atoms with Crippen molar-refractivity contribution in [3.8, 4) is 5.75 Å². The number of hydrogen-bond donors (Lipinski definition) is 0. The molecule has 0 aliphatic heterocycles. The average molecular weight is 265 g/mol. The minimum absolute atomic E-state index is 0.000261. The fourth-order valence-corrected chi connectivity index (χ4v) is 2.45. The van der Waals surface area contributed by atoms with Crippen LogP contribution >= 0.6 is 0 Å². The second kappa shape index (κ2) is 6.55. The van der Waals surface area contributed by atoms with Gasteiger partial charge in [0.25, 0.3) is 0 Å². The van der Waals surface area contributed by atoms with Gasteiger partial charge in [-0.15, -0.1) is 0 Å². The van der Waals surface area contributed by atoms with Crippen molar-refractivity contribution in [1.82, 2.24) is 0 Å². The normalized spacial score (nSPS) is 17.5. The van der Waals surface area contributed by atoms with Crippen LogP contribution in [-0.2, 0) is 0 Å². The standard InChI is InChI=1S/C15H20FNO2/c1-2-19-14-9-8-12(15(16)10-14)11-17(18)13-6-4-3-5-7-13/h8-11,13H,2-7H2,1H3. The predicted octanol–water partition coefficient (Wildman–Crippen LogP) is 3.49. The van der Waals surface area contributed by atoms with Crippen molar-refractivity contribution in [3.63, 3.8) is 0 Å². The molecule has 0 radical (unpaired) electrons. The van der Waals surface area contributed by atoms with Gasteiger partial charge in [0.1, 0.15) is 11.6 Å². The molecule has 0 saturated heterocycles. The van der Waals surface area contributed by atoms with E-state index in [1.165, 1.54) is 18.7 Å². The molecule has 0 bridgehead atoms. The minimum Gasteiger partial charge on any atom is -0.624 e. The molecule has 0 spiro atoms. The van der Waals surface area contributed by atoms with Crippen LogP contribution in [0.15, 0.2) is 18.2 Å². The van der Waals surface area contributed by atoms with Crippen molar-refractivity contribution in [2.45, 2.75) is 45.1 Å². The molecule has 0 amide bonds. The third kappa shape index (κ3) is 3.69. The van der Waals surface area contributed by atoms with Crippen LogP contribution in [0.5, 0.6) is 5.75 Å². The summed E-state index contributed by atoms with van der Waals surface area (Å²) in [6.45, 7) is 2.35. The van der Waals surface area contributed by atoms with Crippen LogP contribution in [-0.4, -0.2) is 23.6 Å². The van der Waals surface area contributed by atoms with E-state index in [-0.39, 0.29) is 6.04 Å². The highest BCUT2D eigenvalue weighted by atomic mass is 19.1. The van der Waals surface area contributed by atoms with E-state index in [4.69, 9.17) is 4.74 Å². The van der Waals surface area contributed by atoms with E-state index in [1.807, 2.05) is 6.92 Å². The Morgan fingerprint density at radius 2 is 2.11 bits per heavy atom. The molecule has 19 heavy (non-hydrogen) atoms. The largest absolute Gasteiger partial charge is 0.624 e. The average Bonchev–Trinajstić information content (AvgIpc) is 2.43. The molecule has 0 heterocycles. The van der Waals surface area contributed by atoms with Crippen molar-refractivity contribution in [3.05, 3.63) is 34.8 Å². The van der Waals surface area contributed by atoms with Crippen LogP contribution in [0.1, 0.15) is 44.6 Å². The Morgan fingerprint density at radius 1 is 1.37 bits per heavy atom. The van der Waals surface area contributed by atoms with E-state index in [0.29, 0.717) is 17.9 Å². The summed E-state index contributed by atoms with van der Waals surface area (Å²) in [4.78, 5) is 0. The van der Waals surface area contributed by atoms with Gasteiger partial charge in [0.05, 0.1) is 12.2 Å². The Kier molecular flexibility index (Phi) is 4.77. The van der Waals surface area contributed by atoms with Gasteiger partial charge in [0, 0.05) is 18.9 Å². The third-order valence-electron chi connectivity index (χ3n) is 3.48. The zero-order chi connectivity index (χ0) is 13.7. The van der Waals surface area contributed by atoms with E-state index >= 15 is 0 Å². The van der Waals surface area contributed by atoms with E-state index < -0.39 is 5.82 Å². The molecule has 1 aromatic rings. The number of rotatable bonds is 4. The first-order valence-electron chi connectivity index (χ1n) is 6.93. The van der Waals surface area contributed by atoms with Gasteiger partial charge in [-0.25, -0.2) is 9.13 Å². The van der Waals surface area contributed by atoms with E-state index in [9.17, 15) is 9.60 Å². The fraction of sp³-hybridized carbons (Fsp3) is 0.533. The summed E-state index contributed by atoms with van der Waals surface area (Å²) in [5.74, 6) is 0.0786. The first-order chi connectivity index (χ1) is 9.20. The Bertz CT molecular complexity index is 453. The van der Waals surface area contributed by atoms with Crippen LogP contribution < -0.4 is 4.74 Å². The number of ether oxygens (including phenoxy) is 1. The molecule has 0 atom stereocenters. The molecule has 3 nitrogen and oxygen atoms in total. The molecular formula is C15H20FNO2. The first kappa shape index (κ1) is 13.8. The van der Waals surface area contributed by atoms with Crippen LogP contribution in [0.2, 0.25) is 0 Å². The van der Waals surface area contributed by atoms with Gasteiger partial charge in [0.15, 0.2) is 12.3 Å². The first-order valence-corrected chi connectivity index (χ1v) is 6.93. The lowest BCUT2D eigenvalue weighted by atomic mass is 9.96. The fourth-order valence-electron chi connectivity index (χ4n) is 2.45. The lowest BCUT2D eigenvalue weighted by molar-refractivity contribution is -0.500. The van der Waals surface area contributed by atoms with Crippen molar-refractivity contribution in [1.29, 1.82) is 0 Å². The zero-order valence-electron chi connectivity index (χ0n) is 11.3. The third-order valence-corrected chi connectivity index (χ3v) is 3.48. The second-order valence-corrected chi connectivity index (χ2v) is 4.90. The quantitative estimate of drug-likeness (QED) is 0.361. The van der Waals surface area contributed by atoms with Crippen molar-refractivity contribution >= 4 is 6.21 Å². The highest BCUT2D eigenvalue weighted by Crippen LogP contribution is 2.20. The molecule has 0 N–H and O–H groups in total. The summed E-state index contributed by atoms with van der Waals surface area (Å²) in [7, 11) is 0. The lowest BCUT2D eigenvalue weighted by Gasteiger charge is -2.20. The van der Waals surface area contributed by atoms with Crippen LogP contribution in [0.25, 0.3) is 0 Å². The number of hydroxylamine groups is 1. The topological polar surface area (TPSA) is 35.3 Å². The molecule has 1 aliphatic rings. The molecule has 2 rings (SSSR count). The van der Waals surface area contributed by atoms with Crippen LogP contribution in [0, 0.1) is 11.0 Å². The monoisotopic (exact) mass is 265 g/mol. The van der Waals surface area contributed by atoms with Crippen LogP contribution in [0.3, 0.4) is 0 Å². The Labute approximate surface area is 113 Å². The van der Waals surface area contributed by atoms with E-state index in [2.05, 4.69) is 0 Å². The van der Waals surface area contributed by atoms with Crippen LogP contribution in [0.4, 0.5) is 4.39 Å². The summed E-state index contributed by atoms with van der Waals surface area (Å²) in [6, 6.07) is 4.60. The van der Waals surface area contributed by atoms with E-state index in [0.717, 1.165) is 30.4 Å². The molecule has 1 aliphatic carbocycles. The van der Waals surface area contributed by atoms with Gasteiger partial charge in [-0.3, -0.25) is 0 Å². The highest BCUT2D eigenvalue weighted by Gasteiger charge is 2.20. The molecular weight excluding hydrogens is 245 g/mol. The minimum atomic E-state index is -0.414. The second-order valence-electron chi connectivity index (χ2n) is 4.90. The molecule has 4 heteroatoms. The molecule has 0 aromatic heterocycles. The maximum absolute atomic E-state index is 13.8. The van der Waals surface area contributed by atoms with Gasteiger partial charge in [-0.2, -0.15) is 0 Å². The number of benzene rings is 1. The lowest BCUT2D eigenvalue weighted by Crippen LogP contribution is -2.25. The predicted molar refractivity (Wildman–Crippen MR) is 73.2 cm³/mol. The van der Waals surface area contributed by atoms with E-state index in [1.54, 1.807) is 12.1 Å². The number of halogens is 1. The highest BCUT2D eigenvalue weighted by molar-refractivity contribution is 5.76. The smallest absolute Gasteiger partial charge is 0.185 e. The summed E-state index contributed by atoms with van der Waals surface area (Å²) >= 11 is 0. The molecule has 1 aromatic carbocycles. The Hall–Kier alpha value is -1.58. The maximum Gasteiger partial charge on any atom is 0.185 e. The van der Waals surface area contributed by atoms with Crippen molar-refractivity contribution in [2.24, 2.45) is 0 Å².